The lowest BCUT2D eigenvalue weighted by Gasteiger charge is -2.17. The van der Waals surface area contributed by atoms with Crippen molar-refractivity contribution in [2.45, 2.75) is 6.92 Å². The Morgan fingerprint density at radius 1 is 1.17 bits per heavy atom. The highest BCUT2D eigenvalue weighted by atomic mass is 32.2. The molecule has 0 fully saturated rings. The fourth-order valence-corrected chi connectivity index (χ4v) is 2.63. The van der Waals surface area contributed by atoms with Crippen molar-refractivity contribution >= 4 is 33.9 Å². The van der Waals surface area contributed by atoms with Gasteiger partial charge in [0.15, 0.2) is 0 Å². The molecule has 0 aromatic heterocycles. The molecule has 0 unspecified atom stereocenters. The number of ether oxygens (including phenoxy) is 1. The summed E-state index contributed by atoms with van der Waals surface area (Å²) in [7, 11) is 0.657. The van der Waals surface area contributed by atoms with Gasteiger partial charge in [-0.1, -0.05) is 17.7 Å². The maximum atomic E-state index is 12.6. The molecule has 0 saturated heterocycles. The molecule has 0 saturated carbocycles. The first kappa shape index (κ1) is 17.8. The van der Waals surface area contributed by atoms with Gasteiger partial charge in [-0.25, -0.2) is 9.16 Å². The van der Waals surface area contributed by atoms with E-state index in [0.29, 0.717) is 5.69 Å². The highest BCUT2D eigenvalue weighted by molar-refractivity contribution is 7.85. The number of ketones is 2. The summed E-state index contributed by atoms with van der Waals surface area (Å²) in [5.41, 5.74) is 1.25. The molecule has 0 aliphatic heterocycles. The molecule has 2 rings (SSSR count). The Labute approximate surface area is 142 Å². The zero-order valence-corrected chi connectivity index (χ0v) is 14.7. The molecular weight excluding hydrogens is 328 g/mol. The molecule has 0 atom stereocenters. The van der Waals surface area contributed by atoms with E-state index in [1.165, 1.54) is 6.08 Å². The van der Waals surface area contributed by atoms with Gasteiger partial charge in [0.2, 0.25) is 11.6 Å². The van der Waals surface area contributed by atoms with Crippen molar-refractivity contribution < 1.29 is 19.1 Å². The van der Waals surface area contributed by atoms with Crippen molar-refractivity contribution in [2.75, 3.05) is 24.9 Å². The number of carbonyl (C=O) groups is 3. The summed E-state index contributed by atoms with van der Waals surface area (Å²) in [5.74, 6) is -1.97. The van der Waals surface area contributed by atoms with Crippen molar-refractivity contribution in [3.8, 4) is 0 Å². The SMILES string of the molecule is COC(=O)C1=C(N=S(C)C)C(=O)C=C(Nc2ccc(C)cc2)C1=O. The summed E-state index contributed by atoms with van der Waals surface area (Å²) in [5, 5.41) is 2.88. The Balaban J connectivity index is 2.43. The van der Waals surface area contributed by atoms with Gasteiger partial charge < -0.3 is 10.1 Å². The van der Waals surface area contributed by atoms with Crippen LogP contribution in [0.3, 0.4) is 0 Å². The molecule has 0 bridgehead atoms. The van der Waals surface area contributed by atoms with Crippen LogP contribution in [0.4, 0.5) is 5.69 Å². The second-order valence-electron chi connectivity index (χ2n) is 5.32. The summed E-state index contributed by atoms with van der Waals surface area (Å²) in [6.45, 7) is 1.94. The molecule has 1 N–H and O–H groups in total. The molecule has 0 radical (unpaired) electrons. The van der Waals surface area contributed by atoms with Crippen molar-refractivity contribution in [2.24, 2.45) is 4.36 Å². The number of esters is 1. The average Bonchev–Trinajstić information content (AvgIpc) is 2.53. The first-order valence-corrected chi connectivity index (χ1v) is 9.09. The van der Waals surface area contributed by atoms with E-state index in [-0.39, 0.29) is 17.0 Å². The maximum Gasteiger partial charge on any atom is 0.344 e. The minimum Gasteiger partial charge on any atom is -0.465 e. The lowest BCUT2D eigenvalue weighted by Crippen LogP contribution is -2.28. The van der Waals surface area contributed by atoms with Crippen LogP contribution in [0.15, 0.2) is 51.7 Å². The Morgan fingerprint density at radius 2 is 1.79 bits per heavy atom. The lowest BCUT2D eigenvalue weighted by atomic mass is 9.97. The highest BCUT2D eigenvalue weighted by Crippen LogP contribution is 2.23. The van der Waals surface area contributed by atoms with E-state index in [1.54, 1.807) is 24.6 Å². The molecule has 1 aromatic carbocycles. The van der Waals surface area contributed by atoms with Crippen LogP contribution in [-0.2, 0) is 29.8 Å². The number of allylic oxidation sites excluding steroid dienone is 2. The molecule has 0 amide bonds. The number of nitrogens with zero attached hydrogens (tertiary/aromatic N) is 1. The highest BCUT2D eigenvalue weighted by Gasteiger charge is 2.34. The van der Waals surface area contributed by atoms with Gasteiger partial charge in [0.05, 0.1) is 12.8 Å². The molecule has 1 aliphatic rings. The van der Waals surface area contributed by atoms with E-state index in [2.05, 4.69) is 14.4 Å². The monoisotopic (exact) mass is 346 g/mol. The van der Waals surface area contributed by atoms with Crippen LogP contribution in [0.2, 0.25) is 0 Å². The molecule has 126 valence electrons. The van der Waals surface area contributed by atoms with Crippen molar-refractivity contribution in [1.29, 1.82) is 0 Å². The van der Waals surface area contributed by atoms with E-state index in [1.807, 2.05) is 19.1 Å². The van der Waals surface area contributed by atoms with Crippen LogP contribution >= 0.6 is 0 Å². The average molecular weight is 346 g/mol. The van der Waals surface area contributed by atoms with Gasteiger partial charge >= 0.3 is 5.97 Å². The van der Waals surface area contributed by atoms with Crippen LogP contribution in [-0.4, -0.2) is 37.2 Å². The molecule has 1 aromatic rings. The number of anilines is 1. The van der Waals surface area contributed by atoms with Crippen LogP contribution in [0, 0.1) is 6.92 Å². The minimum absolute atomic E-state index is 0.0234. The predicted molar refractivity (Wildman–Crippen MR) is 93.6 cm³/mol. The van der Waals surface area contributed by atoms with Crippen LogP contribution in [0.1, 0.15) is 5.56 Å². The molecular formula is C17H18N2O4S. The van der Waals surface area contributed by atoms with Crippen LogP contribution in [0.25, 0.3) is 0 Å². The van der Waals surface area contributed by atoms with E-state index >= 15 is 0 Å². The lowest BCUT2D eigenvalue weighted by molar-refractivity contribution is -0.138. The summed E-state index contributed by atoms with van der Waals surface area (Å²) in [6, 6.07) is 7.31. The second-order valence-corrected chi connectivity index (χ2v) is 7.05. The second kappa shape index (κ2) is 7.35. The van der Waals surface area contributed by atoms with Gasteiger partial charge in [0.1, 0.15) is 11.3 Å². The molecule has 1 aliphatic carbocycles. The third kappa shape index (κ3) is 3.86. The predicted octanol–water partition coefficient (Wildman–Crippen LogP) is 1.93. The quantitative estimate of drug-likeness (QED) is 0.511. The Morgan fingerprint density at radius 3 is 2.33 bits per heavy atom. The van der Waals surface area contributed by atoms with E-state index in [9.17, 15) is 14.4 Å². The van der Waals surface area contributed by atoms with Crippen molar-refractivity contribution in [3.05, 3.63) is 52.9 Å². The van der Waals surface area contributed by atoms with Gasteiger partial charge in [-0.15, -0.1) is 10.7 Å². The fourth-order valence-electron chi connectivity index (χ4n) is 2.08. The molecule has 0 spiro atoms. The molecule has 7 heteroatoms. The third-order valence-corrected chi connectivity index (χ3v) is 3.76. The van der Waals surface area contributed by atoms with Crippen LogP contribution < -0.4 is 5.32 Å². The van der Waals surface area contributed by atoms with Crippen LogP contribution in [0.5, 0.6) is 0 Å². The first-order chi connectivity index (χ1) is 11.3. The van der Waals surface area contributed by atoms with Gasteiger partial charge in [0, 0.05) is 11.8 Å². The Kier molecular flexibility index (Phi) is 5.46. The molecule has 6 nitrogen and oxygen atoms in total. The number of hydrogen-bond acceptors (Lipinski definition) is 6. The van der Waals surface area contributed by atoms with E-state index in [4.69, 9.17) is 0 Å². The van der Waals surface area contributed by atoms with E-state index < -0.39 is 28.2 Å². The van der Waals surface area contributed by atoms with Gasteiger partial charge in [0.25, 0.3) is 0 Å². The number of carbonyl (C=O) groups excluding carboxylic acids is 3. The summed E-state index contributed by atoms with van der Waals surface area (Å²) in [6.07, 6.45) is 4.73. The molecule has 0 heterocycles. The standard InChI is InChI=1S/C17H18N2O4S/c1-10-5-7-11(8-6-10)18-12-9-13(20)15(19-24(3)4)14(16(12)21)17(22)23-2/h5-9,18H,1-4H3. The number of nitrogens with one attached hydrogen (secondary N) is 1. The van der Waals surface area contributed by atoms with Gasteiger partial charge in [-0.3, -0.25) is 9.59 Å². The largest absolute Gasteiger partial charge is 0.465 e. The summed E-state index contributed by atoms with van der Waals surface area (Å²) < 4.78 is 8.79. The minimum atomic E-state index is -0.867. The first-order valence-electron chi connectivity index (χ1n) is 7.10. The van der Waals surface area contributed by atoms with Gasteiger partial charge in [-0.05, 0) is 31.6 Å². The molecule has 24 heavy (non-hydrogen) atoms. The normalized spacial score (nSPS) is 14.6. The number of hydrogen-bond donors (Lipinski definition) is 1. The summed E-state index contributed by atoms with van der Waals surface area (Å²) >= 11 is 0. The number of Topliss-reactive ketones (excluding diaryl/α,β-unsaturated/α-hetero) is 1. The number of methoxy groups -OCH3 is 1. The Bertz CT molecular complexity index is 800. The maximum absolute atomic E-state index is 12.6. The van der Waals surface area contributed by atoms with Crippen molar-refractivity contribution in [3.63, 3.8) is 0 Å². The Hall–Kier alpha value is -2.54. The number of benzene rings is 1. The van der Waals surface area contributed by atoms with E-state index in [0.717, 1.165) is 12.7 Å². The smallest absolute Gasteiger partial charge is 0.344 e. The number of aryl methyl sites for hydroxylation is 1. The summed E-state index contributed by atoms with van der Waals surface area (Å²) in [4.78, 5) is 37.0. The zero-order valence-electron chi connectivity index (χ0n) is 13.9. The zero-order chi connectivity index (χ0) is 17.9. The third-order valence-electron chi connectivity index (χ3n) is 3.21. The topological polar surface area (TPSA) is 84.8 Å². The number of rotatable bonds is 4. The van der Waals surface area contributed by atoms with Gasteiger partial charge in [-0.2, -0.15) is 0 Å². The van der Waals surface area contributed by atoms with Crippen molar-refractivity contribution in [1.82, 2.24) is 0 Å². The fraction of sp³-hybridized carbons (Fsp3) is 0.235.